The molecule has 1 heteroatoms. The first-order valence-corrected chi connectivity index (χ1v) is 2.63. The van der Waals surface area contributed by atoms with Gasteiger partial charge in [0.15, 0.2) is 0 Å². The lowest BCUT2D eigenvalue weighted by Crippen LogP contribution is -1.69. The van der Waals surface area contributed by atoms with Gasteiger partial charge in [-0.25, -0.2) is 0 Å². The Bertz CT molecular complexity index is 101. The van der Waals surface area contributed by atoms with Gasteiger partial charge < -0.3 is 4.74 Å². The maximum Gasteiger partial charge on any atom is 0.0853 e. The summed E-state index contributed by atoms with van der Waals surface area (Å²) in [5.41, 5.74) is 1.13. The Morgan fingerprint density at radius 3 is 2.50 bits per heavy atom. The molecule has 0 N–H and O–H groups in total. The molecule has 0 aromatic heterocycles. The summed E-state index contributed by atoms with van der Waals surface area (Å²) >= 11 is 0. The SMILES string of the molecule is CC=CC(C)=COC. The van der Waals surface area contributed by atoms with E-state index in [9.17, 15) is 0 Å². The van der Waals surface area contributed by atoms with Crippen LogP contribution in [0, 0.1) is 0 Å². The molecule has 0 aliphatic heterocycles. The summed E-state index contributed by atoms with van der Waals surface area (Å²) in [6, 6.07) is 0. The molecular weight excluding hydrogens is 100 g/mol. The molecule has 0 aliphatic rings. The summed E-state index contributed by atoms with van der Waals surface area (Å²) in [5, 5.41) is 0. The largest absolute Gasteiger partial charge is 0.504 e. The predicted molar refractivity (Wildman–Crippen MR) is 35.6 cm³/mol. The molecule has 0 atom stereocenters. The molecule has 0 aliphatic carbocycles. The first kappa shape index (κ1) is 7.28. The molecule has 0 rings (SSSR count). The number of hydrogen-bond acceptors (Lipinski definition) is 1. The monoisotopic (exact) mass is 112 g/mol. The van der Waals surface area contributed by atoms with Crippen LogP contribution in [0.25, 0.3) is 0 Å². The average Bonchev–Trinajstić information content (AvgIpc) is 1.68. The zero-order chi connectivity index (χ0) is 6.41. The van der Waals surface area contributed by atoms with E-state index in [0.717, 1.165) is 5.57 Å². The molecule has 0 aromatic carbocycles. The average molecular weight is 112 g/mol. The molecule has 0 radical (unpaired) electrons. The molecule has 8 heavy (non-hydrogen) atoms. The lowest BCUT2D eigenvalue weighted by Gasteiger charge is -1.88. The topological polar surface area (TPSA) is 9.23 Å². The summed E-state index contributed by atoms with van der Waals surface area (Å²) in [6.07, 6.45) is 5.67. The molecule has 0 heterocycles. The zero-order valence-electron chi connectivity index (χ0n) is 5.64. The normalized spacial score (nSPS) is 12.6. The fourth-order valence-corrected chi connectivity index (χ4v) is 0.488. The van der Waals surface area contributed by atoms with Crippen molar-refractivity contribution < 1.29 is 4.74 Å². The van der Waals surface area contributed by atoms with Crippen LogP contribution in [0.2, 0.25) is 0 Å². The van der Waals surface area contributed by atoms with Gasteiger partial charge in [0.25, 0.3) is 0 Å². The molecule has 0 amide bonds. The van der Waals surface area contributed by atoms with Crippen molar-refractivity contribution in [1.82, 2.24) is 0 Å². The highest BCUT2D eigenvalue weighted by Gasteiger charge is 1.74. The van der Waals surface area contributed by atoms with Crippen molar-refractivity contribution in [3.05, 3.63) is 24.0 Å². The number of allylic oxidation sites excluding steroid dienone is 3. The molecular formula is C7H12O. The minimum Gasteiger partial charge on any atom is -0.504 e. The van der Waals surface area contributed by atoms with Crippen LogP contribution in [0.5, 0.6) is 0 Å². The summed E-state index contributed by atoms with van der Waals surface area (Å²) in [4.78, 5) is 0. The Kier molecular flexibility index (Phi) is 4.04. The molecule has 0 unspecified atom stereocenters. The third kappa shape index (κ3) is 3.47. The molecule has 0 aromatic rings. The lowest BCUT2D eigenvalue weighted by atomic mass is 10.3. The highest BCUT2D eigenvalue weighted by Crippen LogP contribution is 1.92. The van der Waals surface area contributed by atoms with Crippen molar-refractivity contribution in [2.45, 2.75) is 13.8 Å². The van der Waals surface area contributed by atoms with Crippen molar-refractivity contribution in [3.63, 3.8) is 0 Å². The van der Waals surface area contributed by atoms with Crippen LogP contribution in [-0.2, 0) is 4.74 Å². The van der Waals surface area contributed by atoms with E-state index in [2.05, 4.69) is 0 Å². The van der Waals surface area contributed by atoms with Crippen molar-refractivity contribution >= 4 is 0 Å². The van der Waals surface area contributed by atoms with E-state index in [4.69, 9.17) is 4.74 Å². The Morgan fingerprint density at radius 2 is 2.12 bits per heavy atom. The maximum atomic E-state index is 4.74. The van der Waals surface area contributed by atoms with E-state index in [1.807, 2.05) is 26.0 Å². The summed E-state index contributed by atoms with van der Waals surface area (Å²) in [7, 11) is 1.65. The maximum absolute atomic E-state index is 4.74. The third-order valence-electron chi connectivity index (χ3n) is 0.733. The van der Waals surface area contributed by atoms with Crippen molar-refractivity contribution in [2.75, 3.05) is 7.11 Å². The highest BCUT2D eigenvalue weighted by molar-refractivity contribution is 5.12. The second kappa shape index (κ2) is 4.44. The number of hydrogen-bond donors (Lipinski definition) is 0. The number of ether oxygens (including phenoxy) is 1. The second-order valence-corrected chi connectivity index (χ2v) is 1.60. The molecule has 0 saturated carbocycles. The zero-order valence-corrected chi connectivity index (χ0v) is 5.64. The summed E-state index contributed by atoms with van der Waals surface area (Å²) in [5.74, 6) is 0. The fourth-order valence-electron chi connectivity index (χ4n) is 0.488. The van der Waals surface area contributed by atoms with Gasteiger partial charge in [0.2, 0.25) is 0 Å². The smallest absolute Gasteiger partial charge is 0.0853 e. The van der Waals surface area contributed by atoms with Crippen LogP contribution in [-0.4, -0.2) is 7.11 Å². The standard InChI is InChI=1S/C7H12O/c1-4-5-7(2)6-8-3/h4-6H,1-3H3. The Hall–Kier alpha value is -0.720. The van der Waals surface area contributed by atoms with Gasteiger partial charge in [-0.05, 0) is 19.4 Å². The molecule has 46 valence electrons. The van der Waals surface area contributed by atoms with Crippen molar-refractivity contribution in [1.29, 1.82) is 0 Å². The minimum absolute atomic E-state index is 1.13. The first-order valence-electron chi connectivity index (χ1n) is 2.63. The van der Waals surface area contributed by atoms with Crippen LogP contribution in [0.4, 0.5) is 0 Å². The number of methoxy groups -OCH3 is 1. The molecule has 0 saturated heterocycles. The lowest BCUT2D eigenvalue weighted by molar-refractivity contribution is 0.335. The molecule has 1 nitrogen and oxygen atoms in total. The van der Waals surface area contributed by atoms with Gasteiger partial charge in [0, 0.05) is 0 Å². The quantitative estimate of drug-likeness (QED) is 0.392. The molecule has 0 fully saturated rings. The molecule has 0 spiro atoms. The van der Waals surface area contributed by atoms with Gasteiger partial charge in [0.05, 0.1) is 13.4 Å². The summed E-state index contributed by atoms with van der Waals surface area (Å²) in [6.45, 7) is 3.97. The van der Waals surface area contributed by atoms with Gasteiger partial charge in [-0.3, -0.25) is 0 Å². The first-order chi connectivity index (χ1) is 3.81. The van der Waals surface area contributed by atoms with Gasteiger partial charge in [-0.15, -0.1) is 0 Å². The van der Waals surface area contributed by atoms with E-state index in [1.165, 1.54) is 0 Å². The third-order valence-corrected chi connectivity index (χ3v) is 0.733. The number of rotatable bonds is 2. The van der Waals surface area contributed by atoms with Crippen LogP contribution in [0.3, 0.4) is 0 Å². The van der Waals surface area contributed by atoms with Crippen molar-refractivity contribution in [2.24, 2.45) is 0 Å². The van der Waals surface area contributed by atoms with Crippen LogP contribution in [0.15, 0.2) is 24.0 Å². The summed E-state index contributed by atoms with van der Waals surface area (Å²) < 4.78 is 4.74. The van der Waals surface area contributed by atoms with Crippen molar-refractivity contribution in [3.8, 4) is 0 Å². The van der Waals surface area contributed by atoms with E-state index in [0.29, 0.717) is 0 Å². The van der Waals surface area contributed by atoms with Gasteiger partial charge in [-0.2, -0.15) is 0 Å². The van der Waals surface area contributed by atoms with Gasteiger partial charge in [-0.1, -0.05) is 12.2 Å². The van der Waals surface area contributed by atoms with E-state index in [1.54, 1.807) is 13.4 Å². The fraction of sp³-hybridized carbons (Fsp3) is 0.429. The van der Waals surface area contributed by atoms with Gasteiger partial charge >= 0.3 is 0 Å². The van der Waals surface area contributed by atoms with E-state index < -0.39 is 0 Å². The van der Waals surface area contributed by atoms with E-state index in [-0.39, 0.29) is 0 Å². The molecule has 0 bridgehead atoms. The highest BCUT2D eigenvalue weighted by atomic mass is 16.5. The predicted octanol–water partition coefficient (Wildman–Crippen LogP) is 2.11. The Balaban J connectivity index is 3.61. The Morgan fingerprint density at radius 1 is 1.50 bits per heavy atom. The van der Waals surface area contributed by atoms with Crippen LogP contribution < -0.4 is 0 Å². The van der Waals surface area contributed by atoms with Crippen LogP contribution >= 0.6 is 0 Å². The van der Waals surface area contributed by atoms with E-state index >= 15 is 0 Å². The Labute approximate surface area is 50.7 Å². The second-order valence-electron chi connectivity index (χ2n) is 1.60. The minimum atomic E-state index is 1.13. The van der Waals surface area contributed by atoms with Crippen LogP contribution in [0.1, 0.15) is 13.8 Å². The van der Waals surface area contributed by atoms with Gasteiger partial charge in [0.1, 0.15) is 0 Å².